The van der Waals surface area contributed by atoms with Crippen LogP contribution in [-0.4, -0.2) is 25.7 Å². The van der Waals surface area contributed by atoms with Crippen LogP contribution in [0.3, 0.4) is 0 Å². The maximum atomic E-state index is 12.2. The summed E-state index contributed by atoms with van der Waals surface area (Å²) in [6.07, 6.45) is -2.68. The normalized spacial score (nSPS) is 11.9. The minimum atomic E-state index is -1.66. The molecule has 0 heterocycles. The number of halogens is 1. The fraction of sp³-hybridized carbons (Fsp3) is 0.417. The smallest absolute Gasteiger partial charge is 0.432 e. The first kappa shape index (κ1) is 13.4. The summed E-state index contributed by atoms with van der Waals surface area (Å²) in [7, 11) is 0. The SMILES string of the molecule is CC(F)OC(=O)OCCOCc1ccccc1. The molecule has 4 nitrogen and oxygen atoms in total. The van der Waals surface area contributed by atoms with E-state index >= 15 is 0 Å². The minimum absolute atomic E-state index is 0.0401. The van der Waals surface area contributed by atoms with E-state index in [-0.39, 0.29) is 13.2 Å². The quantitative estimate of drug-likeness (QED) is 0.568. The minimum Gasteiger partial charge on any atom is -0.432 e. The molecule has 0 aliphatic carbocycles. The van der Waals surface area contributed by atoms with Gasteiger partial charge in [-0.1, -0.05) is 30.3 Å². The van der Waals surface area contributed by atoms with Crippen LogP contribution in [0.2, 0.25) is 0 Å². The van der Waals surface area contributed by atoms with Gasteiger partial charge in [0, 0.05) is 6.92 Å². The number of hydrogen-bond donors (Lipinski definition) is 0. The van der Waals surface area contributed by atoms with E-state index in [1.165, 1.54) is 0 Å². The van der Waals surface area contributed by atoms with Gasteiger partial charge in [-0.25, -0.2) is 9.18 Å². The Kier molecular flexibility index (Phi) is 6.03. The number of rotatable bonds is 6. The molecule has 1 unspecified atom stereocenters. The van der Waals surface area contributed by atoms with Crippen LogP contribution in [0.4, 0.5) is 9.18 Å². The Morgan fingerprint density at radius 1 is 1.29 bits per heavy atom. The Hall–Kier alpha value is -1.62. The molecule has 17 heavy (non-hydrogen) atoms. The van der Waals surface area contributed by atoms with E-state index in [0.717, 1.165) is 12.5 Å². The predicted molar refractivity (Wildman–Crippen MR) is 59.1 cm³/mol. The lowest BCUT2D eigenvalue weighted by Crippen LogP contribution is -2.15. The van der Waals surface area contributed by atoms with Crippen LogP contribution >= 0.6 is 0 Å². The van der Waals surface area contributed by atoms with Crippen LogP contribution in [0.25, 0.3) is 0 Å². The molecule has 0 aliphatic rings. The van der Waals surface area contributed by atoms with Crippen molar-refractivity contribution in [1.82, 2.24) is 0 Å². The third-order valence-electron chi connectivity index (χ3n) is 1.82. The number of hydrogen-bond acceptors (Lipinski definition) is 4. The highest BCUT2D eigenvalue weighted by Crippen LogP contribution is 2.00. The monoisotopic (exact) mass is 242 g/mol. The van der Waals surface area contributed by atoms with Gasteiger partial charge in [-0.3, -0.25) is 0 Å². The lowest BCUT2D eigenvalue weighted by atomic mass is 10.2. The van der Waals surface area contributed by atoms with Crippen molar-refractivity contribution < 1.29 is 23.4 Å². The van der Waals surface area contributed by atoms with Gasteiger partial charge in [-0.15, -0.1) is 0 Å². The Balaban J connectivity index is 2.03. The largest absolute Gasteiger partial charge is 0.510 e. The fourth-order valence-corrected chi connectivity index (χ4v) is 1.11. The number of carbonyl (C=O) groups is 1. The molecule has 0 saturated carbocycles. The van der Waals surface area contributed by atoms with E-state index < -0.39 is 12.5 Å². The van der Waals surface area contributed by atoms with Gasteiger partial charge in [-0.2, -0.15) is 0 Å². The summed E-state index contributed by atoms with van der Waals surface area (Å²) in [4.78, 5) is 10.7. The molecule has 0 amide bonds. The molecule has 1 aromatic rings. The maximum Gasteiger partial charge on any atom is 0.510 e. The summed E-state index contributed by atoms with van der Waals surface area (Å²) in [5.74, 6) is 0. The molecular formula is C12H15FO4. The van der Waals surface area contributed by atoms with Crippen molar-refractivity contribution in [2.45, 2.75) is 19.9 Å². The lowest BCUT2D eigenvalue weighted by Gasteiger charge is -2.07. The van der Waals surface area contributed by atoms with Crippen molar-refractivity contribution in [1.29, 1.82) is 0 Å². The molecule has 1 rings (SSSR count). The second kappa shape index (κ2) is 7.62. The van der Waals surface area contributed by atoms with Crippen molar-refractivity contribution in [2.75, 3.05) is 13.2 Å². The van der Waals surface area contributed by atoms with E-state index in [4.69, 9.17) is 4.74 Å². The zero-order chi connectivity index (χ0) is 12.5. The highest BCUT2D eigenvalue weighted by Gasteiger charge is 2.07. The fourth-order valence-electron chi connectivity index (χ4n) is 1.11. The molecule has 0 spiro atoms. The first-order valence-electron chi connectivity index (χ1n) is 5.27. The summed E-state index contributed by atoms with van der Waals surface area (Å²) >= 11 is 0. The predicted octanol–water partition coefficient (Wildman–Crippen LogP) is 2.67. The summed E-state index contributed by atoms with van der Waals surface area (Å²) in [6.45, 7) is 1.83. The molecule has 0 saturated heterocycles. The third kappa shape index (κ3) is 6.52. The lowest BCUT2D eigenvalue weighted by molar-refractivity contribution is -0.0309. The molecule has 94 valence electrons. The second-order valence-electron chi connectivity index (χ2n) is 3.30. The topological polar surface area (TPSA) is 44.8 Å². The Labute approximate surface area is 99.3 Å². The van der Waals surface area contributed by atoms with Crippen LogP contribution in [-0.2, 0) is 20.8 Å². The third-order valence-corrected chi connectivity index (χ3v) is 1.82. The average molecular weight is 242 g/mol. The molecular weight excluding hydrogens is 227 g/mol. The number of carbonyl (C=O) groups excluding carboxylic acids is 1. The Morgan fingerprint density at radius 3 is 2.65 bits per heavy atom. The van der Waals surface area contributed by atoms with Gasteiger partial charge in [-0.05, 0) is 5.56 Å². The zero-order valence-electron chi connectivity index (χ0n) is 9.60. The van der Waals surface area contributed by atoms with Crippen molar-refractivity contribution in [2.24, 2.45) is 0 Å². The summed E-state index contributed by atoms with van der Waals surface area (Å²) in [5, 5.41) is 0. The van der Waals surface area contributed by atoms with E-state index in [2.05, 4.69) is 9.47 Å². The van der Waals surface area contributed by atoms with Crippen molar-refractivity contribution in [3.8, 4) is 0 Å². The molecule has 0 bridgehead atoms. The van der Waals surface area contributed by atoms with Gasteiger partial charge >= 0.3 is 6.16 Å². The zero-order valence-corrected chi connectivity index (χ0v) is 9.60. The van der Waals surface area contributed by atoms with Gasteiger partial charge in [0.1, 0.15) is 6.61 Å². The number of benzene rings is 1. The van der Waals surface area contributed by atoms with Gasteiger partial charge in [0.25, 0.3) is 0 Å². The molecule has 0 fully saturated rings. The highest BCUT2D eigenvalue weighted by molar-refractivity contribution is 5.59. The second-order valence-corrected chi connectivity index (χ2v) is 3.30. The Morgan fingerprint density at radius 2 is 2.00 bits per heavy atom. The van der Waals surface area contributed by atoms with Crippen LogP contribution in [0.15, 0.2) is 30.3 Å². The summed E-state index contributed by atoms with van der Waals surface area (Å²) < 4.78 is 26.1. The van der Waals surface area contributed by atoms with Crippen molar-refractivity contribution in [3.05, 3.63) is 35.9 Å². The Bertz CT molecular complexity index is 327. The first-order chi connectivity index (χ1) is 8.18. The highest BCUT2D eigenvalue weighted by atomic mass is 19.1. The standard InChI is InChI=1S/C12H15FO4/c1-10(13)17-12(14)16-8-7-15-9-11-5-3-2-4-6-11/h2-6,10H,7-9H2,1H3. The molecule has 1 aromatic carbocycles. The summed E-state index contributed by atoms with van der Waals surface area (Å²) in [5.41, 5.74) is 1.03. The number of ether oxygens (including phenoxy) is 3. The number of alkyl halides is 1. The first-order valence-corrected chi connectivity index (χ1v) is 5.27. The average Bonchev–Trinajstić information content (AvgIpc) is 2.29. The maximum absolute atomic E-state index is 12.2. The van der Waals surface area contributed by atoms with Gasteiger partial charge in [0.15, 0.2) is 0 Å². The van der Waals surface area contributed by atoms with Crippen molar-refractivity contribution >= 4 is 6.16 Å². The molecule has 0 aliphatic heterocycles. The molecule has 5 heteroatoms. The molecule has 0 N–H and O–H groups in total. The summed E-state index contributed by atoms with van der Waals surface area (Å²) in [6, 6.07) is 9.60. The van der Waals surface area contributed by atoms with Crippen LogP contribution < -0.4 is 0 Å². The van der Waals surface area contributed by atoms with E-state index in [1.54, 1.807) is 0 Å². The van der Waals surface area contributed by atoms with Crippen LogP contribution in [0, 0.1) is 0 Å². The van der Waals surface area contributed by atoms with E-state index in [9.17, 15) is 9.18 Å². The van der Waals surface area contributed by atoms with Gasteiger partial charge < -0.3 is 14.2 Å². The van der Waals surface area contributed by atoms with E-state index in [1.807, 2.05) is 30.3 Å². The molecule has 1 atom stereocenters. The van der Waals surface area contributed by atoms with Crippen LogP contribution in [0.5, 0.6) is 0 Å². The van der Waals surface area contributed by atoms with Gasteiger partial charge in [0.05, 0.1) is 13.2 Å². The molecule has 0 aromatic heterocycles. The van der Waals surface area contributed by atoms with Crippen LogP contribution in [0.1, 0.15) is 12.5 Å². The van der Waals surface area contributed by atoms with Gasteiger partial charge in [0.2, 0.25) is 6.36 Å². The molecule has 0 radical (unpaired) electrons. The van der Waals surface area contributed by atoms with Crippen molar-refractivity contribution in [3.63, 3.8) is 0 Å². The van der Waals surface area contributed by atoms with E-state index in [0.29, 0.717) is 6.61 Å².